The second kappa shape index (κ2) is 9.58. The number of aliphatic carboxylic acids is 2. The number of carbonyl (C=O) groups is 3. The predicted molar refractivity (Wildman–Crippen MR) is 125 cm³/mol. The first-order chi connectivity index (χ1) is 15.6. The summed E-state index contributed by atoms with van der Waals surface area (Å²) >= 11 is 3.48. The van der Waals surface area contributed by atoms with Crippen molar-refractivity contribution in [2.75, 3.05) is 5.32 Å². The Balaban J connectivity index is 2.27. The van der Waals surface area contributed by atoms with Gasteiger partial charge in [0.1, 0.15) is 0 Å². The smallest absolute Gasteiger partial charge is 0.411 e. The van der Waals surface area contributed by atoms with Gasteiger partial charge in [-0.3, -0.25) is 10.3 Å². The number of rotatable bonds is 7. The normalized spacial score (nSPS) is 17.1. The van der Waals surface area contributed by atoms with Crippen LogP contribution in [-0.2, 0) is 26.3 Å². The number of carboxylic acid groups (broad SMARTS) is 2. The fraction of sp³-hybridized carbons (Fsp3) is 0.250. The van der Waals surface area contributed by atoms with E-state index in [0.29, 0.717) is 27.2 Å². The highest BCUT2D eigenvalue weighted by atomic mass is 79.9. The molecule has 2 aromatic carbocycles. The molecule has 0 fully saturated rings. The van der Waals surface area contributed by atoms with Gasteiger partial charge in [-0.1, -0.05) is 19.1 Å². The quantitative estimate of drug-likeness (QED) is 0.486. The first-order valence-electron chi connectivity index (χ1n) is 10.2. The van der Waals surface area contributed by atoms with Crippen molar-refractivity contribution >= 4 is 45.2 Å². The van der Waals surface area contributed by atoms with Crippen LogP contribution >= 0.6 is 15.9 Å². The lowest BCUT2D eigenvalue weighted by Crippen LogP contribution is -2.34. The molecule has 9 heteroatoms. The number of fused-ring (bicyclic) bond motifs is 1. The number of aryl methyl sites for hydroxylation is 1. The fourth-order valence-corrected chi connectivity index (χ4v) is 4.25. The maximum absolute atomic E-state index is 12.8. The molecule has 1 unspecified atom stereocenters. The largest absolute Gasteiger partial charge is 0.479 e. The van der Waals surface area contributed by atoms with Crippen molar-refractivity contribution in [3.05, 3.63) is 74.7 Å². The van der Waals surface area contributed by atoms with E-state index in [1.54, 1.807) is 32.0 Å². The minimum absolute atomic E-state index is 0.213. The summed E-state index contributed by atoms with van der Waals surface area (Å²) in [6, 6.07) is 9.94. The van der Waals surface area contributed by atoms with Crippen molar-refractivity contribution in [3.8, 4) is 0 Å². The third kappa shape index (κ3) is 4.83. The average Bonchev–Trinajstić information content (AvgIpc) is 3.07. The van der Waals surface area contributed by atoms with E-state index in [1.165, 1.54) is 12.1 Å². The van der Waals surface area contributed by atoms with Crippen molar-refractivity contribution in [3.63, 3.8) is 0 Å². The van der Waals surface area contributed by atoms with Gasteiger partial charge in [0.25, 0.3) is 0 Å². The zero-order valence-corrected chi connectivity index (χ0v) is 19.8. The fourth-order valence-electron chi connectivity index (χ4n) is 3.66. The van der Waals surface area contributed by atoms with Crippen LogP contribution in [0.3, 0.4) is 0 Å². The Morgan fingerprint density at radius 1 is 1.21 bits per heavy atom. The lowest BCUT2D eigenvalue weighted by atomic mass is 9.82. The minimum Gasteiger partial charge on any atom is -0.479 e. The summed E-state index contributed by atoms with van der Waals surface area (Å²) in [5.41, 5.74) is -0.193. The van der Waals surface area contributed by atoms with Gasteiger partial charge in [0.2, 0.25) is 5.54 Å². The Hall–Kier alpha value is -3.46. The second-order valence-corrected chi connectivity index (χ2v) is 8.55. The number of halogens is 1. The van der Waals surface area contributed by atoms with Gasteiger partial charge < -0.3 is 14.9 Å². The maximum atomic E-state index is 12.8. The molecule has 0 saturated carbocycles. The van der Waals surface area contributed by atoms with E-state index in [9.17, 15) is 24.6 Å². The van der Waals surface area contributed by atoms with Crippen molar-refractivity contribution in [2.45, 2.75) is 38.8 Å². The summed E-state index contributed by atoms with van der Waals surface area (Å²) in [7, 11) is 0. The summed E-state index contributed by atoms with van der Waals surface area (Å²) in [6.45, 7) is 5.38. The standard InChI is InChI=1S/C24H23BrN2O6/c1-4-14-10-17-18(8-9-20(28)29)24(22(30)31,27-21(17)19(25)11-14)15-6-5-7-16(12-15)26-23(32)33-13(2)3/h5-13H,4H2,1-3H3,(H,26,32)(H,28,29)(H,30,31). The van der Waals surface area contributed by atoms with E-state index in [2.05, 4.69) is 26.2 Å². The molecule has 2 aromatic rings. The van der Waals surface area contributed by atoms with Crippen LogP contribution in [-0.4, -0.2) is 34.3 Å². The molecule has 0 spiro atoms. The molecule has 1 heterocycles. The molecule has 0 bridgehead atoms. The highest BCUT2D eigenvalue weighted by molar-refractivity contribution is 9.10. The Kier molecular flexibility index (Phi) is 7.02. The zero-order valence-electron chi connectivity index (χ0n) is 18.3. The van der Waals surface area contributed by atoms with Gasteiger partial charge in [-0.15, -0.1) is 0 Å². The Morgan fingerprint density at radius 3 is 2.55 bits per heavy atom. The minimum atomic E-state index is -1.91. The van der Waals surface area contributed by atoms with Gasteiger partial charge in [0.15, 0.2) is 0 Å². The zero-order chi connectivity index (χ0) is 24.3. The Labute approximate surface area is 198 Å². The molecular weight excluding hydrogens is 492 g/mol. The van der Waals surface area contributed by atoms with Crippen LogP contribution in [0, 0.1) is 0 Å². The molecule has 0 aliphatic carbocycles. The molecule has 0 aromatic heterocycles. The number of ether oxygens (including phenoxy) is 1. The summed E-state index contributed by atoms with van der Waals surface area (Å²) in [5, 5.41) is 23.2. The number of nitrogens with one attached hydrogen (secondary N) is 1. The van der Waals surface area contributed by atoms with E-state index in [0.717, 1.165) is 11.6 Å². The SMILES string of the molecule is CCc1cc(Br)c2c(c1)=C(C=CC(=O)O)C(C(=O)O)(c1cccc(NC(=O)OC(C)C)c1)N=2. The molecule has 8 nitrogen and oxygen atoms in total. The second-order valence-electron chi connectivity index (χ2n) is 7.70. The molecule has 3 rings (SSSR count). The van der Waals surface area contributed by atoms with E-state index in [4.69, 9.17) is 4.74 Å². The molecule has 3 N–H and O–H groups in total. The number of carbonyl (C=O) groups excluding carboxylic acids is 1. The van der Waals surface area contributed by atoms with Gasteiger partial charge in [-0.05, 0) is 77.7 Å². The number of amides is 1. The lowest BCUT2D eigenvalue weighted by molar-refractivity contribution is -0.141. The van der Waals surface area contributed by atoms with Crippen LogP contribution in [0.15, 0.2) is 58.0 Å². The van der Waals surface area contributed by atoms with Gasteiger partial charge in [0.05, 0.1) is 11.5 Å². The van der Waals surface area contributed by atoms with Crippen LogP contribution in [0.25, 0.3) is 5.57 Å². The van der Waals surface area contributed by atoms with Crippen LogP contribution in [0.1, 0.15) is 31.9 Å². The van der Waals surface area contributed by atoms with Crippen LogP contribution in [0.4, 0.5) is 10.5 Å². The summed E-state index contributed by atoms with van der Waals surface area (Å²) in [4.78, 5) is 40.7. The molecule has 1 amide bonds. The molecule has 33 heavy (non-hydrogen) atoms. The lowest BCUT2D eigenvalue weighted by Gasteiger charge is -2.25. The number of hydrogen-bond donors (Lipinski definition) is 3. The van der Waals surface area contributed by atoms with E-state index >= 15 is 0 Å². The molecule has 0 saturated heterocycles. The monoisotopic (exact) mass is 514 g/mol. The van der Waals surface area contributed by atoms with Crippen LogP contribution in [0.2, 0.25) is 0 Å². The average molecular weight is 515 g/mol. The van der Waals surface area contributed by atoms with Crippen molar-refractivity contribution in [1.82, 2.24) is 0 Å². The summed E-state index contributed by atoms with van der Waals surface area (Å²) < 4.78 is 5.70. The topological polar surface area (TPSA) is 125 Å². The predicted octanol–water partition coefficient (Wildman–Crippen LogP) is 3.37. The number of benzene rings is 2. The van der Waals surface area contributed by atoms with Crippen molar-refractivity contribution < 1.29 is 29.3 Å². The van der Waals surface area contributed by atoms with Gasteiger partial charge >= 0.3 is 18.0 Å². The van der Waals surface area contributed by atoms with Crippen LogP contribution < -0.4 is 15.9 Å². The molecular formula is C24H23BrN2O6. The van der Waals surface area contributed by atoms with Crippen molar-refractivity contribution in [2.24, 2.45) is 4.99 Å². The van der Waals surface area contributed by atoms with Crippen molar-refractivity contribution in [1.29, 1.82) is 0 Å². The number of carboxylic acids is 2. The molecule has 172 valence electrons. The highest BCUT2D eigenvalue weighted by Gasteiger charge is 2.46. The Morgan fingerprint density at radius 2 is 1.94 bits per heavy atom. The van der Waals surface area contributed by atoms with Gasteiger partial charge in [0, 0.05) is 27.0 Å². The highest BCUT2D eigenvalue weighted by Crippen LogP contribution is 2.38. The molecule has 1 atom stereocenters. The third-order valence-electron chi connectivity index (χ3n) is 5.06. The Bertz CT molecular complexity index is 1280. The molecule has 1 aliphatic rings. The molecule has 0 radical (unpaired) electrons. The third-order valence-corrected chi connectivity index (χ3v) is 5.67. The maximum Gasteiger partial charge on any atom is 0.411 e. The van der Waals surface area contributed by atoms with E-state index in [1.807, 2.05) is 19.1 Å². The summed E-state index contributed by atoms with van der Waals surface area (Å²) in [5.74, 6) is -2.50. The number of nitrogens with zero attached hydrogens (tertiary/aromatic N) is 1. The first-order valence-corrected chi connectivity index (χ1v) is 11.0. The van der Waals surface area contributed by atoms with E-state index in [-0.39, 0.29) is 17.2 Å². The molecule has 1 aliphatic heterocycles. The number of hydrogen-bond acceptors (Lipinski definition) is 5. The van der Waals surface area contributed by atoms with E-state index < -0.39 is 23.6 Å². The van der Waals surface area contributed by atoms with Crippen LogP contribution in [0.5, 0.6) is 0 Å². The first kappa shape index (κ1) is 24.2. The summed E-state index contributed by atoms with van der Waals surface area (Å²) in [6.07, 6.45) is 1.85. The van der Waals surface area contributed by atoms with Gasteiger partial charge in [-0.25, -0.2) is 14.4 Å². The number of anilines is 1. The van der Waals surface area contributed by atoms with Gasteiger partial charge in [-0.2, -0.15) is 0 Å².